The van der Waals surface area contributed by atoms with Crippen molar-refractivity contribution in [3.8, 4) is 0 Å². The van der Waals surface area contributed by atoms with Crippen molar-refractivity contribution < 1.29 is 4.74 Å². The fourth-order valence-electron chi connectivity index (χ4n) is 3.73. The molecular weight excluding hydrogens is 200 g/mol. The minimum Gasteiger partial charge on any atom is -0.380 e. The molecule has 16 heavy (non-hydrogen) atoms. The van der Waals surface area contributed by atoms with Crippen LogP contribution in [0.3, 0.4) is 0 Å². The molecule has 3 saturated heterocycles. The van der Waals surface area contributed by atoms with Crippen molar-refractivity contribution in [3.05, 3.63) is 0 Å². The van der Waals surface area contributed by atoms with Gasteiger partial charge in [0.1, 0.15) is 0 Å². The van der Waals surface area contributed by atoms with Gasteiger partial charge in [0.2, 0.25) is 0 Å². The van der Waals surface area contributed by atoms with Gasteiger partial charge in [-0.25, -0.2) is 0 Å². The second-order valence-electron chi connectivity index (χ2n) is 5.52. The third-order valence-corrected chi connectivity index (χ3v) is 4.51. The van der Waals surface area contributed by atoms with Crippen LogP contribution in [0.4, 0.5) is 0 Å². The highest BCUT2D eigenvalue weighted by Gasteiger charge is 2.37. The first-order valence-electron chi connectivity index (χ1n) is 7.02. The monoisotopic (exact) mass is 224 g/mol. The van der Waals surface area contributed by atoms with E-state index in [4.69, 9.17) is 4.74 Å². The van der Waals surface area contributed by atoms with Crippen molar-refractivity contribution in [1.82, 2.24) is 10.2 Å². The summed E-state index contributed by atoms with van der Waals surface area (Å²) in [6.07, 6.45) is 8.15. The lowest BCUT2D eigenvalue weighted by Gasteiger charge is -2.37. The summed E-state index contributed by atoms with van der Waals surface area (Å²) < 4.78 is 5.64. The topological polar surface area (TPSA) is 24.5 Å². The first-order valence-corrected chi connectivity index (χ1v) is 7.02. The fourth-order valence-corrected chi connectivity index (χ4v) is 3.73. The maximum absolute atomic E-state index is 5.64. The molecule has 3 unspecified atom stereocenters. The Bertz CT molecular complexity index is 222. The fraction of sp³-hybridized carbons (Fsp3) is 1.00. The van der Waals surface area contributed by atoms with Crippen LogP contribution in [0.1, 0.15) is 38.5 Å². The molecule has 1 N–H and O–H groups in total. The van der Waals surface area contributed by atoms with Crippen LogP contribution < -0.4 is 5.32 Å². The van der Waals surface area contributed by atoms with Gasteiger partial charge in [-0.3, -0.25) is 4.90 Å². The van der Waals surface area contributed by atoms with Gasteiger partial charge in [-0.05, 0) is 51.6 Å². The average Bonchev–Trinajstić information content (AvgIpc) is 3.01. The average molecular weight is 224 g/mol. The van der Waals surface area contributed by atoms with E-state index in [1.54, 1.807) is 0 Å². The maximum atomic E-state index is 5.64. The van der Waals surface area contributed by atoms with Gasteiger partial charge in [-0.1, -0.05) is 0 Å². The van der Waals surface area contributed by atoms with E-state index in [0.29, 0.717) is 6.04 Å². The molecule has 0 aromatic carbocycles. The quantitative estimate of drug-likeness (QED) is 0.767. The number of nitrogens with zero attached hydrogens (tertiary/aromatic N) is 1. The van der Waals surface area contributed by atoms with Crippen LogP contribution in [0.5, 0.6) is 0 Å². The molecule has 3 nitrogen and oxygen atoms in total. The number of ether oxygens (including phenoxy) is 1. The molecule has 3 aliphatic rings. The highest BCUT2D eigenvalue weighted by Crippen LogP contribution is 2.29. The van der Waals surface area contributed by atoms with Crippen LogP contribution in [0.2, 0.25) is 0 Å². The number of rotatable bonds is 2. The van der Waals surface area contributed by atoms with Gasteiger partial charge >= 0.3 is 0 Å². The molecular formula is C13H24N2O. The Kier molecular flexibility index (Phi) is 3.46. The van der Waals surface area contributed by atoms with E-state index in [-0.39, 0.29) is 0 Å². The van der Waals surface area contributed by atoms with Gasteiger partial charge < -0.3 is 10.1 Å². The molecule has 0 aromatic rings. The Hall–Kier alpha value is -0.120. The largest absolute Gasteiger partial charge is 0.380 e. The van der Waals surface area contributed by atoms with E-state index in [9.17, 15) is 0 Å². The van der Waals surface area contributed by atoms with Crippen molar-refractivity contribution in [2.75, 3.05) is 26.3 Å². The minimum absolute atomic E-state index is 0.712. The van der Waals surface area contributed by atoms with E-state index in [0.717, 1.165) is 25.3 Å². The molecule has 92 valence electrons. The van der Waals surface area contributed by atoms with Crippen LogP contribution >= 0.6 is 0 Å². The first-order chi connectivity index (χ1) is 7.95. The molecule has 3 heterocycles. The molecule has 0 saturated carbocycles. The molecule has 0 spiro atoms. The number of hydrogen-bond acceptors (Lipinski definition) is 3. The molecule has 0 aromatic heterocycles. The Balaban J connectivity index is 1.63. The smallest absolute Gasteiger partial charge is 0.0621 e. The van der Waals surface area contributed by atoms with Crippen molar-refractivity contribution >= 4 is 0 Å². The predicted molar refractivity (Wildman–Crippen MR) is 64.6 cm³/mol. The molecule has 0 aliphatic carbocycles. The van der Waals surface area contributed by atoms with Crippen LogP contribution in [0.25, 0.3) is 0 Å². The first kappa shape index (κ1) is 11.0. The summed E-state index contributed by atoms with van der Waals surface area (Å²) in [5, 5.41) is 3.69. The molecule has 0 radical (unpaired) electrons. The van der Waals surface area contributed by atoms with Gasteiger partial charge in [0.25, 0.3) is 0 Å². The van der Waals surface area contributed by atoms with Crippen LogP contribution in [-0.4, -0.2) is 49.3 Å². The van der Waals surface area contributed by atoms with Crippen molar-refractivity contribution in [1.29, 1.82) is 0 Å². The molecule has 0 bridgehead atoms. The number of hydrogen-bond donors (Lipinski definition) is 1. The van der Waals surface area contributed by atoms with Gasteiger partial charge in [0.05, 0.1) is 6.61 Å². The molecule has 0 amide bonds. The normalized spacial score (nSPS) is 41.6. The van der Waals surface area contributed by atoms with Crippen molar-refractivity contribution in [2.45, 2.75) is 56.7 Å². The Morgan fingerprint density at radius 2 is 2.06 bits per heavy atom. The molecule has 3 aliphatic heterocycles. The van der Waals surface area contributed by atoms with Crippen LogP contribution in [0.15, 0.2) is 0 Å². The standard InChI is InChI=1S/C13H24N2O/c1-5-12(14-7-1)13-6-2-8-15(13)11-4-3-9-16-10-11/h11-14H,1-10H2. The second-order valence-corrected chi connectivity index (χ2v) is 5.52. The summed E-state index contributed by atoms with van der Waals surface area (Å²) in [7, 11) is 0. The number of nitrogens with one attached hydrogen (secondary N) is 1. The van der Waals surface area contributed by atoms with E-state index >= 15 is 0 Å². The lowest BCUT2D eigenvalue weighted by Crippen LogP contribution is -2.50. The van der Waals surface area contributed by atoms with Crippen molar-refractivity contribution in [2.24, 2.45) is 0 Å². The highest BCUT2D eigenvalue weighted by molar-refractivity contribution is 4.95. The van der Waals surface area contributed by atoms with Crippen LogP contribution in [-0.2, 0) is 4.74 Å². The molecule has 3 heteroatoms. The summed E-state index contributed by atoms with van der Waals surface area (Å²) >= 11 is 0. The summed E-state index contributed by atoms with van der Waals surface area (Å²) in [5.41, 5.74) is 0. The van der Waals surface area contributed by atoms with E-state index in [2.05, 4.69) is 10.2 Å². The molecule has 3 fully saturated rings. The number of likely N-dealkylation sites (tertiary alicyclic amines) is 1. The zero-order valence-corrected chi connectivity index (χ0v) is 10.2. The summed E-state index contributed by atoms with van der Waals surface area (Å²) in [6, 6.07) is 2.28. The van der Waals surface area contributed by atoms with Crippen LogP contribution in [0, 0.1) is 0 Å². The Morgan fingerprint density at radius 3 is 2.81 bits per heavy atom. The van der Waals surface area contributed by atoms with Gasteiger partial charge in [-0.2, -0.15) is 0 Å². The molecule has 3 rings (SSSR count). The van der Waals surface area contributed by atoms with Gasteiger partial charge in [-0.15, -0.1) is 0 Å². The lowest BCUT2D eigenvalue weighted by molar-refractivity contribution is 0.00809. The minimum atomic E-state index is 0.712. The van der Waals surface area contributed by atoms with Crippen molar-refractivity contribution in [3.63, 3.8) is 0 Å². The van der Waals surface area contributed by atoms with E-state index < -0.39 is 0 Å². The summed E-state index contributed by atoms with van der Waals surface area (Å²) in [4.78, 5) is 2.75. The third kappa shape index (κ3) is 2.13. The van der Waals surface area contributed by atoms with E-state index in [1.165, 1.54) is 51.6 Å². The zero-order valence-electron chi connectivity index (χ0n) is 10.2. The SMILES string of the molecule is C1CNC(C2CCCN2C2CCCOC2)C1. The van der Waals surface area contributed by atoms with E-state index in [1.807, 2.05) is 0 Å². The lowest BCUT2D eigenvalue weighted by atomic mass is 10.0. The molecule has 3 atom stereocenters. The highest BCUT2D eigenvalue weighted by atomic mass is 16.5. The Morgan fingerprint density at radius 1 is 1.06 bits per heavy atom. The predicted octanol–water partition coefficient (Wildman–Crippen LogP) is 1.38. The van der Waals surface area contributed by atoms with Gasteiger partial charge in [0.15, 0.2) is 0 Å². The Labute approximate surface area is 98.5 Å². The second kappa shape index (κ2) is 5.03. The zero-order chi connectivity index (χ0) is 10.8. The third-order valence-electron chi connectivity index (χ3n) is 4.51. The summed E-state index contributed by atoms with van der Waals surface area (Å²) in [5.74, 6) is 0. The summed E-state index contributed by atoms with van der Waals surface area (Å²) in [6.45, 7) is 4.49. The maximum Gasteiger partial charge on any atom is 0.0621 e. The van der Waals surface area contributed by atoms with Gasteiger partial charge in [0, 0.05) is 24.7 Å².